The summed E-state index contributed by atoms with van der Waals surface area (Å²) in [7, 11) is 0. The smallest absolute Gasteiger partial charge is 0.332 e. The number of rotatable bonds is 6. The number of carbonyl (C=O) groups is 4. The lowest BCUT2D eigenvalue weighted by atomic mass is 10.0. The highest BCUT2D eigenvalue weighted by Crippen LogP contribution is 2.12. The summed E-state index contributed by atoms with van der Waals surface area (Å²) in [6.45, 7) is 1.13. The Bertz CT molecular complexity index is 410. The monoisotopic (exact) mass is 322 g/mol. The van der Waals surface area contributed by atoms with Crippen molar-refractivity contribution >= 4 is 39.8 Å². The molecule has 7 nitrogen and oxygen atoms in total. The van der Waals surface area contributed by atoms with Gasteiger partial charge in [0.05, 0.1) is 6.42 Å². The van der Waals surface area contributed by atoms with Gasteiger partial charge in [-0.3, -0.25) is 9.59 Å². The maximum atomic E-state index is 11.1. The zero-order chi connectivity index (χ0) is 14.3. The zero-order valence-electron chi connectivity index (χ0n) is 9.43. The molecule has 0 spiro atoms. The van der Waals surface area contributed by atoms with Gasteiger partial charge in [-0.15, -0.1) is 0 Å². The van der Waals surface area contributed by atoms with E-state index in [0.29, 0.717) is 0 Å². The average Bonchev–Trinajstić information content (AvgIpc) is 2.28. The lowest BCUT2D eigenvalue weighted by Crippen LogP contribution is -2.15. The highest BCUT2D eigenvalue weighted by atomic mass is 79.9. The summed E-state index contributed by atoms with van der Waals surface area (Å²) >= 11 is 2.78. The van der Waals surface area contributed by atoms with Crippen LogP contribution in [0.2, 0.25) is 0 Å². The number of aliphatic carboxylic acids is 2. The second-order valence-corrected chi connectivity index (χ2v) is 3.75. The SMILES string of the molecule is C/C(C(=O)O)=C(/CCC(=O)OC(=O)CBr)C(=O)O. The largest absolute Gasteiger partial charge is 0.478 e. The first kappa shape index (κ1) is 16.3. The molecule has 8 heteroatoms. The predicted molar refractivity (Wildman–Crippen MR) is 62.1 cm³/mol. The minimum atomic E-state index is -1.42. The molecule has 0 radical (unpaired) electrons. The van der Waals surface area contributed by atoms with Gasteiger partial charge in [0.15, 0.2) is 0 Å². The number of ether oxygens (including phenoxy) is 1. The van der Waals surface area contributed by atoms with Gasteiger partial charge in [-0.2, -0.15) is 0 Å². The molecule has 0 saturated heterocycles. The summed E-state index contributed by atoms with van der Waals surface area (Å²) in [5.41, 5.74) is -0.757. The Balaban J connectivity index is 4.62. The van der Waals surface area contributed by atoms with Crippen LogP contribution in [0.25, 0.3) is 0 Å². The Kier molecular flexibility index (Phi) is 6.88. The van der Waals surface area contributed by atoms with Crippen molar-refractivity contribution in [3.05, 3.63) is 11.1 Å². The number of carboxylic acid groups (broad SMARTS) is 2. The van der Waals surface area contributed by atoms with Crippen molar-refractivity contribution in [1.29, 1.82) is 0 Å². The van der Waals surface area contributed by atoms with Crippen LogP contribution in [0.5, 0.6) is 0 Å². The van der Waals surface area contributed by atoms with Crippen LogP contribution in [-0.2, 0) is 23.9 Å². The third-order valence-electron chi connectivity index (χ3n) is 1.95. The molecular formula is C10H11BrO7. The van der Waals surface area contributed by atoms with Crippen molar-refractivity contribution in [2.75, 3.05) is 5.33 Å². The Morgan fingerprint density at radius 1 is 1.00 bits per heavy atom. The molecule has 100 valence electrons. The number of esters is 2. The minimum Gasteiger partial charge on any atom is -0.478 e. The molecule has 0 aromatic carbocycles. The van der Waals surface area contributed by atoms with Gasteiger partial charge in [0, 0.05) is 11.1 Å². The second-order valence-electron chi connectivity index (χ2n) is 3.19. The first-order valence-corrected chi connectivity index (χ1v) is 5.87. The van der Waals surface area contributed by atoms with Crippen molar-refractivity contribution in [2.24, 2.45) is 0 Å². The predicted octanol–water partition coefficient (Wildman–Crippen LogP) is 0.717. The highest BCUT2D eigenvalue weighted by molar-refractivity contribution is 9.09. The second kappa shape index (κ2) is 7.59. The molecule has 0 amide bonds. The Hall–Kier alpha value is -1.70. The van der Waals surface area contributed by atoms with Crippen LogP contribution in [0, 0.1) is 0 Å². The molecule has 2 N–H and O–H groups in total. The normalized spacial score (nSPS) is 11.4. The van der Waals surface area contributed by atoms with Crippen molar-refractivity contribution in [3.63, 3.8) is 0 Å². The van der Waals surface area contributed by atoms with E-state index in [2.05, 4.69) is 20.7 Å². The first-order valence-electron chi connectivity index (χ1n) is 4.75. The molecule has 0 unspecified atom stereocenters. The van der Waals surface area contributed by atoms with Crippen molar-refractivity contribution < 1.29 is 34.1 Å². The number of hydrogen-bond donors (Lipinski definition) is 2. The quantitative estimate of drug-likeness (QED) is 0.320. The zero-order valence-corrected chi connectivity index (χ0v) is 11.0. The first-order chi connectivity index (χ1) is 8.29. The molecule has 0 atom stereocenters. The molecule has 0 aromatic heterocycles. The van der Waals surface area contributed by atoms with Gasteiger partial charge in [-0.1, -0.05) is 15.9 Å². The lowest BCUT2D eigenvalue weighted by molar-refractivity contribution is -0.157. The molecule has 0 rings (SSSR count). The maximum Gasteiger partial charge on any atom is 0.332 e. The van der Waals surface area contributed by atoms with E-state index < -0.39 is 29.5 Å². The molecule has 0 aromatic rings. The van der Waals surface area contributed by atoms with Gasteiger partial charge in [0.2, 0.25) is 0 Å². The molecule has 0 saturated carbocycles. The summed E-state index contributed by atoms with van der Waals surface area (Å²) in [5, 5.41) is 17.3. The van der Waals surface area contributed by atoms with Crippen molar-refractivity contribution in [3.8, 4) is 0 Å². The fourth-order valence-electron chi connectivity index (χ4n) is 1.02. The summed E-state index contributed by atoms with van der Waals surface area (Å²) in [5.74, 6) is -4.50. The molecule has 0 heterocycles. The number of alkyl halides is 1. The van der Waals surface area contributed by atoms with E-state index >= 15 is 0 Å². The molecule has 0 bridgehead atoms. The van der Waals surface area contributed by atoms with Gasteiger partial charge < -0.3 is 14.9 Å². The molecular weight excluding hydrogens is 312 g/mol. The van der Waals surface area contributed by atoms with E-state index in [1.165, 1.54) is 0 Å². The molecule has 0 aliphatic carbocycles. The van der Waals surface area contributed by atoms with Crippen LogP contribution in [0.4, 0.5) is 0 Å². The van der Waals surface area contributed by atoms with Crippen LogP contribution < -0.4 is 0 Å². The van der Waals surface area contributed by atoms with E-state index in [1.807, 2.05) is 0 Å². The maximum absolute atomic E-state index is 11.1. The summed E-state index contributed by atoms with van der Waals surface area (Å²) in [6, 6.07) is 0. The molecule has 0 fully saturated rings. The third-order valence-corrected chi connectivity index (χ3v) is 2.41. The van der Waals surface area contributed by atoms with Gasteiger partial charge in [0.25, 0.3) is 0 Å². The summed E-state index contributed by atoms with van der Waals surface area (Å²) in [4.78, 5) is 43.2. The Labute approximate surface area is 111 Å². The van der Waals surface area contributed by atoms with Gasteiger partial charge in [-0.05, 0) is 13.3 Å². The van der Waals surface area contributed by atoms with Gasteiger partial charge in [0.1, 0.15) is 5.33 Å². The van der Waals surface area contributed by atoms with Crippen LogP contribution in [0.15, 0.2) is 11.1 Å². The number of hydrogen-bond acceptors (Lipinski definition) is 5. The number of carbonyl (C=O) groups excluding carboxylic acids is 2. The topological polar surface area (TPSA) is 118 Å². The number of halogens is 1. The van der Waals surface area contributed by atoms with Crippen LogP contribution in [0.1, 0.15) is 19.8 Å². The van der Waals surface area contributed by atoms with Crippen LogP contribution >= 0.6 is 15.9 Å². The fraction of sp³-hybridized carbons (Fsp3) is 0.400. The van der Waals surface area contributed by atoms with E-state index in [0.717, 1.165) is 6.92 Å². The number of carboxylic acids is 2. The van der Waals surface area contributed by atoms with E-state index in [4.69, 9.17) is 10.2 Å². The van der Waals surface area contributed by atoms with Crippen LogP contribution in [0.3, 0.4) is 0 Å². The van der Waals surface area contributed by atoms with Gasteiger partial charge in [-0.25, -0.2) is 9.59 Å². The Morgan fingerprint density at radius 2 is 1.56 bits per heavy atom. The van der Waals surface area contributed by atoms with Crippen LogP contribution in [-0.4, -0.2) is 39.4 Å². The third kappa shape index (κ3) is 5.58. The van der Waals surface area contributed by atoms with E-state index in [9.17, 15) is 19.2 Å². The fourth-order valence-corrected chi connectivity index (χ4v) is 1.13. The lowest BCUT2D eigenvalue weighted by Gasteiger charge is -2.04. The van der Waals surface area contributed by atoms with Crippen molar-refractivity contribution in [2.45, 2.75) is 19.8 Å². The van der Waals surface area contributed by atoms with Crippen molar-refractivity contribution in [1.82, 2.24) is 0 Å². The molecule has 0 aliphatic rings. The molecule has 18 heavy (non-hydrogen) atoms. The van der Waals surface area contributed by atoms with Gasteiger partial charge >= 0.3 is 23.9 Å². The minimum absolute atomic E-state index is 0.158. The Morgan fingerprint density at radius 3 is 1.94 bits per heavy atom. The summed E-state index contributed by atoms with van der Waals surface area (Å²) < 4.78 is 4.28. The average molecular weight is 323 g/mol. The standard InChI is InChI=1S/C10H11BrO7/c1-5(9(14)15)6(10(16)17)2-3-7(12)18-8(13)4-11/h2-4H2,1H3,(H,14,15)(H,16,17)/b6-5+. The highest BCUT2D eigenvalue weighted by Gasteiger charge is 2.18. The van der Waals surface area contributed by atoms with E-state index in [1.54, 1.807) is 0 Å². The molecule has 0 aliphatic heterocycles. The summed E-state index contributed by atoms with van der Waals surface area (Å²) in [6.07, 6.45) is -0.702. The van der Waals surface area contributed by atoms with E-state index in [-0.39, 0.29) is 23.7 Å².